The average Bonchev–Trinajstić information content (AvgIpc) is 2.65. The molecule has 0 radical (unpaired) electrons. The molecule has 0 unspecified atom stereocenters. The highest BCUT2D eigenvalue weighted by atomic mass is 35.5. The first kappa shape index (κ1) is 14.4. The predicted octanol–water partition coefficient (Wildman–Crippen LogP) is 3.29. The lowest BCUT2D eigenvalue weighted by Crippen LogP contribution is -2.06. The minimum atomic E-state index is 0.442. The number of fused-ring (bicyclic) bond motifs is 1. The van der Waals surface area contributed by atoms with Gasteiger partial charge in [0.25, 0.3) is 0 Å². The van der Waals surface area contributed by atoms with E-state index in [1.165, 1.54) is 0 Å². The first-order valence-electron chi connectivity index (χ1n) is 6.62. The van der Waals surface area contributed by atoms with Crippen molar-refractivity contribution in [2.24, 2.45) is 0 Å². The fourth-order valence-corrected chi connectivity index (χ4v) is 2.67. The number of nitrogens with zero attached hydrogens (tertiary/aromatic N) is 2. The van der Waals surface area contributed by atoms with Gasteiger partial charge in [-0.05, 0) is 24.6 Å². The molecule has 0 saturated carbocycles. The zero-order chi connectivity index (χ0) is 15.0. The van der Waals surface area contributed by atoms with Crippen LogP contribution in [-0.2, 0) is 6.54 Å². The van der Waals surface area contributed by atoms with E-state index >= 15 is 0 Å². The Balaban J connectivity index is 1.94. The fraction of sp³-hybridized carbons (Fsp3) is 0.357. The van der Waals surface area contributed by atoms with Gasteiger partial charge in [-0.1, -0.05) is 23.2 Å². The molecular formula is C14H15Cl2N3O2. The van der Waals surface area contributed by atoms with Crippen molar-refractivity contribution in [2.45, 2.75) is 19.9 Å². The smallest absolute Gasteiger partial charge is 0.179 e. The lowest BCUT2D eigenvalue weighted by Gasteiger charge is -2.12. The third-order valence-electron chi connectivity index (χ3n) is 3.29. The largest absolute Gasteiger partial charge is 0.489 e. The minimum absolute atomic E-state index is 0.442. The topological polar surface area (TPSA) is 62.3 Å². The molecule has 0 spiro atoms. The predicted molar refractivity (Wildman–Crippen MR) is 82.5 cm³/mol. The van der Waals surface area contributed by atoms with Crippen molar-refractivity contribution in [3.63, 3.8) is 0 Å². The number of aromatic nitrogens is 2. The van der Waals surface area contributed by atoms with Gasteiger partial charge in [0.1, 0.15) is 10.8 Å². The second-order valence-corrected chi connectivity index (χ2v) is 5.68. The van der Waals surface area contributed by atoms with Crippen LogP contribution in [0.4, 0.5) is 5.82 Å². The summed E-state index contributed by atoms with van der Waals surface area (Å²) in [7, 11) is 0. The highest BCUT2D eigenvalue weighted by molar-refractivity contribution is 6.33. The lowest BCUT2D eigenvalue weighted by atomic mass is 10.2. The van der Waals surface area contributed by atoms with Crippen LogP contribution in [0.15, 0.2) is 12.1 Å². The molecule has 1 aliphatic rings. The van der Waals surface area contributed by atoms with E-state index in [1.54, 1.807) is 4.68 Å². The van der Waals surface area contributed by atoms with Crippen molar-refractivity contribution in [3.8, 4) is 11.5 Å². The summed E-state index contributed by atoms with van der Waals surface area (Å²) in [5, 5.41) is 5.32. The molecule has 1 aromatic carbocycles. The maximum atomic E-state index is 6.27. The van der Waals surface area contributed by atoms with Gasteiger partial charge >= 0.3 is 0 Å². The van der Waals surface area contributed by atoms with Crippen LogP contribution in [0, 0.1) is 6.92 Å². The monoisotopic (exact) mass is 327 g/mol. The van der Waals surface area contributed by atoms with Crippen LogP contribution in [0.2, 0.25) is 10.0 Å². The quantitative estimate of drug-likeness (QED) is 0.919. The molecule has 0 saturated heterocycles. The molecule has 0 fully saturated rings. The Morgan fingerprint density at radius 1 is 1.29 bits per heavy atom. The minimum Gasteiger partial charge on any atom is -0.489 e. The van der Waals surface area contributed by atoms with Gasteiger partial charge in [-0.25, -0.2) is 4.68 Å². The maximum absolute atomic E-state index is 6.27. The molecule has 1 aromatic heterocycles. The van der Waals surface area contributed by atoms with E-state index in [2.05, 4.69) is 5.10 Å². The van der Waals surface area contributed by atoms with E-state index in [0.29, 0.717) is 52.8 Å². The zero-order valence-electron chi connectivity index (χ0n) is 11.5. The van der Waals surface area contributed by atoms with Crippen LogP contribution in [0.1, 0.15) is 17.7 Å². The van der Waals surface area contributed by atoms with E-state index in [4.69, 9.17) is 38.4 Å². The summed E-state index contributed by atoms with van der Waals surface area (Å²) in [6, 6.07) is 3.73. The Hall–Kier alpha value is -1.59. The summed E-state index contributed by atoms with van der Waals surface area (Å²) < 4.78 is 12.9. The highest BCUT2D eigenvalue weighted by Gasteiger charge is 2.17. The molecule has 2 heterocycles. The molecule has 5 nitrogen and oxygen atoms in total. The molecule has 21 heavy (non-hydrogen) atoms. The molecule has 0 bridgehead atoms. The van der Waals surface area contributed by atoms with E-state index in [1.807, 2.05) is 19.1 Å². The Kier molecular flexibility index (Phi) is 3.87. The van der Waals surface area contributed by atoms with Gasteiger partial charge in [-0.2, -0.15) is 5.10 Å². The number of aryl methyl sites for hydroxylation is 1. The second-order valence-electron chi connectivity index (χ2n) is 4.90. The number of benzene rings is 1. The number of anilines is 1. The van der Waals surface area contributed by atoms with E-state index in [0.717, 1.165) is 12.0 Å². The van der Waals surface area contributed by atoms with Crippen molar-refractivity contribution in [3.05, 3.63) is 33.4 Å². The van der Waals surface area contributed by atoms with Gasteiger partial charge in [0.15, 0.2) is 11.5 Å². The van der Waals surface area contributed by atoms with Crippen LogP contribution in [-0.4, -0.2) is 23.0 Å². The van der Waals surface area contributed by atoms with Crippen molar-refractivity contribution in [2.75, 3.05) is 18.9 Å². The Morgan fingerprint density at radius 2 is 2.05 bits per heavy atom. The number of hydrogen-bond acceptors (Lipinski definition) is 4. The van der Waals surface area contributed by atoms with Crippen LogP contribution >= 0.6 is 23.2 Å². The summed E-state index contributed by atoms with van der Waals surface area (Å²) in [5.74, 6) is 1.70. The van der Waals surface area contributed by atoms with Crippen molar-refractivity contribution < 1.29 is 9.47 Å². The van der Waals surface area contributed by atoms with Crippen LogP contribution in [0.5, 0.6) is 11.5 Å². The summed E-state index contributed by atoms with van der Waals surface area (Å²) in [6.07, 6.45) is 0.835. The van der Waals surface area contributed by atoms with Gasteiger partial charge in [-0.3, -0.25) is 0 Å². The van der Waals surface area contributed by atoms with Crippen LogP contribution in [0.3, 0.4) is 0 Å². The van der Waals surface area contributed by atoms with Gasteiger partial charge in [0, 0.05) is 6.42 Å². The van der Waals surface area contributed by atoms with Crippen molar-refractivity contribution in [1.29, 1.82) is 0 Å². The summed E-state index contributed by atoms with van der Waals surface area (Å²) in [5.41, 5.74) is 7.56. The third-order valence-corrected chi connectivity index (χ3v) is 4.03. The molecule has 0 atom stereocenters. The number of hydrogen-bond donors (Lipinski definition) is 1. The molecule has 3 rings (SSSR count). The first-order chi connectivity index (χ1) is 10.1. The number of nitrogen functional groups attached to an aromatic ring is 1. The molecule has 7 heteroatoms. The Bertz CT molecular complexity index is 685. The highest BCUT2D eigenvalue weighted by Crippen LogP contribution is 2.38. The summed E-state index contributed by atoms with van der Waals surface area (Å²) in [6.45, 7) is 3.50. The summed E-state index contributed by atoms with van der Waals surface area (Å²) >= 11 is 12.3. The lowest BCUT2D eigenvalue weighted by molar-refractivity contribution is 0.297. The second kappa shape index (κ2) is 5.66. The first-order valence-corrected chi connectivity index (χ1v) is 7.38. The third kappa shape index (κ3) is 2.76. The number of nitrogens with two attached hydrogens (primary N) is 1. The van der Waals surface area contributed by atoms with Gasteiger partial charge < -0.3 is 15.2 Å². The van der Waals surface area contributed by atoms with Gasteiger partial charge in [-0.15, -0.1) is 0 Å². The van der Waals surface area contributed by atoms with E-state index in [-0.39, 0.29) is 0 Å². The van der Waals surface area contributed by atoms with Crippen LogP contribution < -0.4 is 15.2 Å². The van der Waals surface area contributed by atoms with Crippen molar-refractivity contribution >= 4 is 29.0 Å². The van der Waals surface area contributed by atoms with Gasteiger partial charge in [0.2, 0.25) is 0 Å². The van der Waals surface area contributed by atoms with Crippen LogP contribution in [0.25, 0.3) is 0 Å². The molecule has 112 valence electrons. The number of rotatable bonds is 2. The number of halogens is 2. The fourth-order valence-electron chi connectivity index (χ4n) is 2.25. The summed E-state index contributed by atoms with van der Waals surface area (Å²) in [4.78, 5) is 0. The SMILES string of the molecule is Cc1nn(Cc2cc(Cl)c3c(c2)OCCCO3)c(N)c1Cl. The Morgan fingerprint density at radius 3 is 2.76 bits per heavy atom. The molecule has 0 amide bonds. The molecule has 2 aromatic rings. The van der Waals surface area contributed by atoms with Gasteiger partial charge in [0.05, 0.1) is 30.5 Å². The van der Waals surface area contributed by atoms with E-state index in [9.17, 15) is 0 Å². The number of ether oxygens (including phenoxy) is 2. The molecule has 1 aliphatic heterocycles. The molecular weight excluding hydrogens is 313 g/mol. The standard InChI is InChI=1S/C14H15Cl2N3O2/c1-8-12(16)14(17)19(18-8)7-9-5-10(15)13-11(6-9)20-3-2-4-21-13/h5-6H,2-4,7,17H2,1H3. The average molecular weight is 328 g/mol. The molecule has 0 aliphatic carbocycles. The maximum Gasteiger partial charge on any atom is 0.179 e. The Labute approximate surface area is 132 Å². The normalized spacial score (nSPS) is 14.0. The van der Waals surface area contributed by atoms with Crippen molar-refractivity contribution in [1.82, 2.24) is 9.78 Å². The zero-order valence-corrected chi connectivity index (χ0v) is 13.0. The molecule has 2 N–H and O–H groups in total. The van der Waals surface area contributed by atoms with E-state index < -0.39 is 0 Å².